The van der Waals surface area contributed by atoms with Gasteiger partial charge < -0.3 is 4.74 Å². The topological polar surface area (TPSA) is 44.1 Å². The van der Waals surface area contributed by atoms with Gasteiger partial charge in [-0.25, -0.2) is 0 Å². The number of nitrogens with zero attached hydrogens (tertiary/aromatic N) is 2. The molecule has 1 aromatic rings. The molecule has 0 N–H and O–H groups in total. The number of hydrogen-bond donors (Lipinski definition) is 0. The zero-order valence-corrected chi connectivity index (χ0v) is 9.78. The first-order chi connectivity index (χ1) is 6.93. The number of aromatic nitrogens is 2. The van der Waals surface area contributed by atoms with Crippen LogP contribution in [0.2, 0.25) is 0 Å². The molecule has 0 aromatic carbocycles. The van der Waals surface area contributed by atoms with Crippen LogP contribution in [0.5, 0.6) is 0 Å². The Labute approximate surface area is 90.2 Å². The van der Waals surface area contributed by atoms with Crippen LogP contribution in [0, 0.1) is 5.41 Å². The largest absolute Gasteiger partial charge is 0.459 e. The van der Waals surface area contributed by atoms with Gasteiger partial charge in [0, 0.05) is 12.7 Å². The summed E-state index contributed by atoms with van der Waals surface area (Å²) in [7, 11) is 0. The van der Waals surface area contributed by atoms with Crippen LogP contribution in [0.15, 0.2) is 12.3 Å². The Morgan fingerprint density at radius 2 is 2.20 bits per heavy atom. The van der Waals surface area contributed by atoms with E-state index < -0.39 is 5.41 Å². The first-order valence-corrected chi connectivity index (χ1v) is 5.13. The SMILES string of the molecule is CCn1ccc(COC(=O)C(C)(C)C)n1. The van der Waals surface area contributed by atoms with Crippen LogP contribution in [0.3, 0.4) is 0 Å². The minimum absolute atomic E-state index is 0.200. The number of carbonyl (C=O) groups excluding carboxylic acids is 1. The maximum Gasteiger partial charge on any atom is 0.311 e. The molecule has 0 spiro atoms. The molecular weight excluding hydrogens is 192 g/mol. The van der Waals surface area contributed by atoms with Crippen molar-refractivity contribution in [3.8, 4) is 0 Å². The highest BCUT2D eigenvalue weighted by molar-refractivity contribution is 5.75. The highest BCUT2D eigenvalue weighted by Crippen LogP contribution is 2.15. The number of carbonyl (C=O) groups is 1. The van der Waals surface area contributed by atoms with E-state index in [1.165, 1.54) is 0 Å². The smallest absolute Gasteiger partial charge is 0.311 e. The molecule has 0 fully saturated rings. The number of aryl methyl sites for hydroxylation is 1. The Balaban J connectivity index is 2.47. The lowest BCUT2D eigenvalue weighted by Crippen LogP contribution is -2.22. The summed E-state index contributed by atoms with van der Waals surface area (Å²) in [5.41, 5.74) is 0.335. The molecule has 0 aliphatic carbocycles. The van der Waals surface area contributed by atoms with Gasteiger partial charge in [0.15, 0.2) is 0 Å². The summed E-state index contributed by atoms with van der Waals surface area (Å²) in [5, 5.41) is 4.22. The molecule has 0 bridgehead atoms. The third-order valence-electron chi connectivity index (χ3n) is 1.98. The summed E-state index contributed by atoms with van der Waals surface area (Å²) >= 11 is 0. The number of esters is 1. The number of hydrogen-bond acceptors (Lipinski definition) is 3. The van der Waals surface area contributed by atoms with Gasteiger partial charge in [0.05, 0.1) is 11.1 Å². The molecule has 0 aliphatic rings. The van der Waals surface area contributed by atoms with Crippen molar-refractivity contribution in [3.05, 3.63) is 18.0 Å². The van der Waals surface area contributed by atoms with E-state index in [4.69, 9.17) is 4.74 Å². The first-order valence-electron chi connectivity index (χ1n) is 5.13. The molecule has 4 nitrogen and oxygen atoms in total. The predicted octanol–water partition coefficient (Wildman–Crippen LogP) is 1.99. The normalized spacial score (nSPS) is 11.5. The zero-order valence-electron chi connectivity index (χ0n) is 9.78. The van der Waals surface area contributed by atoms with Crippen molar-refractivity contribution in [2.45, 2.75) is 40.8 Å². The molecule has 0 radical (unpaired) electrons. The van der Waals surface area contributed by atoms with Crippen LogP contribution in [0.1, 0.15) is 33.4 Å². The van der Waals surface area contributed by atoms with Crippen LogP contribution in [0.25, 0.3) is 0 Å². The monoisotopic (exact) mass is 210 g/mol. The van der Waals surface area contributed by atoms with Crippen LogP contribution < -0.4 is 0 Å². The van der Waals surface area contributed by atoms with E-state index in [1.807, 2.05) is 40.0 Å². The molecular formula is C11H18N2O2. The summed E-state index contributed by atoms with van der Waals surface area (Å²) in [6, 6.07) is 1.86. The highest BCUT2D eigenvalue weighted by Gasteiger charge is 2.23. The van der Waals surface area contributed by atoms with Crippen molar-refractivity contribution in [3.63, 3.8) is 0 Å². The predicted molar refractivity (Wildman–Crippen MR) is 57.2 cm³/mol. The lowest BCUT2D eigenvalue weighted by Gasteiger charge is -2.15. The fourth-order valence-corrected chi connectivity index (χ4v) is 1.01. The first kappa shape index (κ1) is 11.8. The maximum absolute atomic E-state index is 11.5. The third kappa shape index (κ3) is 3.38. The van der Waals surface area contributed by atoms with Crippen molar-refractivity contribution < 1.29 is 9.53 Å². The molecule has 0 amide bonds. The molecule has 4 heteroatoms. The summed E-state index contributed by atoms with van der Waals surface area (Å²) in [6.07, 6.45) is 1.88. The zero-order chi connectivity index (χ0) is 11.5. The van der Waals surface area contributed by atoms with Crippen molar-refractivity contribution in [2.24, 2.45) is 5.41 Å². The fourth-order valence-electron chi connectivity index (χ4n) is 1.01. The van der Waals surface area contributed by atoms with Crippen molar-refractivity contribution >= 4 is 5.97 Å². The van der Waals surface area contributed by atoms with Gasteiger partial charge in [-0.1, -0.05) is 0 Å². The van der Waals surface area contributed by atoms with E-state index in [0.717, 1.165) is 12.2 Å². The number of rotatable bonds is 3. The Kier molecular flexibility index (Phi) is 3.50. The van der Waals surface area contributed by atoms with Gasteiger partial charge in [-0.15, -0.1) is 0 Å². The molecule has 84 valence electrons. The molecule has 0 unspecified atom stereocenters. The van der Waals surface area contributed by atoms with Gasteiger partial charge in [0.2, 0.25) is 0 Å². The Bertz CT molecular complexity index is 337. The van der Waals surface area contributed by atoms with Gasteiger partial charge in [-0.3, -0.25) is 9.48 Å². The summed E-state index contributed by atoms with van der Waals surface area (Å²) in [4.78, 5) is 11.5. The molecule has 0 saturated carbocycles. The Morgan fingerprint density at radius 3 is 2.67 bits per heavy atom. The van der Waals surface area contributed by atoms with Gasteiger partial charge in [0.1, 0.15) is 6.61 Å². The summed E-state index contributed by atoms with van der Waals surface area (Å²) in [5.74, 6) is -0.200. The fraction of sp³-hybridized carbons (Fsp3) is 0.636. The molecule has 0 saturated heterocycles. The van der Waals surface area contributed by atoms with E-state index >= 15 is 0 Å². The van der Waals surface area contributed by atoms with Gasteiger partial charge in [0.25, 0.3) is 0 Å². The Morgan fingerprint density at radius 1 is 1.53 bits per heavy atom. The average Bonchev–Trinajstić information content (AvgIpc) is 2.60. The molecule has 0 aliphatic heterocycles. The van der Waals surface area contributed by atoms with Crippen molar-refractivity contribution in [1.82, 2.24) is 9.78 Å². The summed E-state index contributed by atoms with van der Waals surface area (Å²) < 4.78 is 6.94. The Hall–Kier alpha value is -1.32. The molecule has 1 rings (SSSR count). The molecule has 1 aromatic heterocycles. The second-order valence-electron chi connectivity index (χ2n) is 4.49. The molecule has 1 heterocycles. The van der Waals surface area contributed by atoms with E-state index in [0.29, 0.717) is 0 Å². The van der Waals surface area contributed by atoms with Gasteiger partial charge in [-0.05, 0) is 33.8 Å². The highest BCUT2D eigenvalue weighted by atomic mass is 16.5. The molecule has 0 atom stereocenters. The number of ether oxygens (including phenoxy) is 1. The molecule has 15 heavy (non-hydrogen) atoms. The van der Waals surface area contributed by atoms with Crippen LogP contribution in [0.4, 0.5) is 0 Å². The van der Waals surface area contributed by atoms with Crippen LogP contribution in [-0.4, -0.2) is 15.7 Å². The average molecular weight is 210 g/mol. The lowest BCUT2D eigenvalue weighted by atomic mass is 9.97. The summed E-state index contributed by atoms with van der Waals surface area (Å²) in [6.45, 7) is 8.59. The van der Waals surface area contributed by atoms with Gasteiger partial charge in [-0.2, -0.15) is 5.10 Å². The second-order valence-corrected chi connectivity index (χ2v) is 4.49. The second kappa shape index (κ2) is 4.47. The van der Waals surface area contributed by atoms with Crippen molar-refractivity contribution in [2.75, 3.05) is 0 Å². The minimum atomic E-state index is -0.451. The van der Waals surface area contributed by atoms with E-state index in [-0.39, 0.29) is 12.6 Å². The van der Waals surface area contributed by atoms with Crippen LogP contribution in [-0.2, 0) is 22.7 Å². The quantitative estimate of drug-likeness (QED) is 0.717. The van der Waals surface area contributed by atoms with Gasteiger partial charge >= 0.3 is 5.97 Å². The van der Waals surface area contributed by atoms with Crippen LogP contribution >= 0.6 is 0 Å². The van der Waals surface area contributed by atoms with E-state index in [1.54, 1.807) is 4.68 Å². The minimum Gasteiger partial charge on any atom is -0.459 e. The maximum atomic E-state index is 11.5. The standard InChI is InChI=1S/C11H18N2O2/c1-5-13-7-6-9(12-13)8-15-10(14)11(2,3)4/h6-7H,5,8H2,1-4H3. The van der Waals surface area contributed by atoms with Crippen molar-refractivity contribution in [1.29, 1.82) is 0 Å². The van der Waals surface area contributed by atoms with E-state index in [2.05, 4.69) is 5.10 Å². The lowest BCUT2D eigenvalue weighted by molar-refractivity contribution is -0.154. The third-order valence-corrected chi connectivity index (χ3v) is 1.98. The van der Waals surface area contributed by atoms with E-state index in [9.17, 15) is 4.79 Å².